The van der Waals surface area contributed by atoms with Gasteiger partial charge in [0.2, 0.25) is 0 Å². The van der Waals surface area contributed by atoms with Gasteiger partial charge >= 0.3 is 0 Å². The van der Waals surface area contributed by atoms with Crippen molar-refractivity contribution in [1.29, 1.82) is 0 Å². The van der Waals surface area contributed by atoms with Gasteiger partial charge in [0, 0.05) is 71.7 Å². The van der Waals surface area contributed by atoms with Crippen LogP contribution in [0.5, 0.6) is 0 Å². The number of anilines is 4. The number of para-hydroxylation sites is 1. The zero-order valence-corrected chi connectivity index (χ0v) is 23.8. The summed E-state index contributed by atoms with van der Waals surface area (Å²) in [6.07, 6.45) is 4.15. The van der Waals surface area contributed by atoms with Crippen molar-refractivity contribution in [3.05, 3.63) is 89.4 Å². The maximum absolute atomic E-state index is 14.8. The molecular formula is C32H30FN5O3S. The van der Waals surface area contributed by atoms with E-state index in [1.54, 1.807) is 47.5 Å². The number of nitrogen functional groups attached to an aromatic ring is 1. The number of nitrogens with zero attached hydrogens (tertiary/aromatic N) is 3. The number of thiophene rings is 1. The van der Waals surface area contributed by atoms with E-state index in [-0.39, 0.29) is 22.2 Å². The summed E-state index contributed by atoms with van der Waals surface area (Å²) in [4.78, 5) is 36.1. The van der Waals surface area contributed by atoms with Crippen molar-refractivity contribution < 1.29 is 18.7 Å². The smallest absolute Gasteiger partial charge is 0.259 e. The van der Waals surface area contributed by atoms with E-state index in [4.69, 9.17) is 10.5 Å². The van der Waals surface area contributed by atoms with Gasteiger partial charge in [-0.05, 0) is 61.7 Å². The largest absolute Gasteiger partial charge is 0.388 e. The molecule has 7 rings (SSSR count). The summed E-state index contributed by atoms with van der Waals surface area (Å²) < 4.78 is 20.3. The van der Waals surface area contributed by atoms with Crippen LogP contribution in [0.15, 0.2) is 66.9 Å². The van der Waals surface area contributed by atoms with Crippen molar-refractivity contribution in [2.24, 2.45) is 5.41 Å². The Labute approximate surface area is 246 Å². The minimum absolute atomic E-state index is 0.165. The van der Waals surface area contributed by atoms with Crippen molar-refractivity contribution in [3.63, 3.8) is 0 Å². The Morgan fingerprint density at radius 1 is 1.02 bits per heavy atom. The highest BCUT2D eigenvalue weighted by molar-refractivity contribution is 7.19. The molecule has 2 aromatic carbocycles. The molecule has 3 aliphatic heterocycles. The summed E-state index contributed by atoms with van der Waals surface area (Å²) in [7, 11) is 0. The Bertz CT molecular complexity index is 1670. The number of carbonyl (C=O) groups excluding carboxylic acids is 2. The SMILES string of the molecule is Nc1sc2c(c1F)CCN(C(=O)c1ccc(NC(=O)c3cccnc3N3CC4(CCOCC4)C3)cc1)c1ccccc1-2. The van der Waals surface area contributed by atoms with E-state index >= 15 is 0 Å². The fourth-order valence-corrected chi connectivity index (χ4v) is 7.30. The molecular weight excluding hydrogens is 553 g/mol. The van der Waals surface area contributed by atoms with Gasteiger partial charge in [0.05, 0.1) is 11.3 Å². The maximum Gasteiger partial charge on any atom is 0.259 e. The fraction of sp³-hybridized carbons (Fsp3) is 0.281. The monoisotopic (exact) mass is 583 g/mol. The predicted molar refractivity (Wildman–Crippen MR) is 163 cm³/mol. The fourth-order valence-electron chi connectivity index (χ4n) is 6.27. The molecule has 2 saturated heterocycles. The lowest BCUT2D eigenvalue weighted by molar-refractivity contribution is -0.000509. The molecule has 4 aromatic rings. The van der Waals surface area contributed by atoms with Crippen LogP contribution in [0.2, 0.25) is 0 Å². The zero-order chi connectivity index (χ0) is 28.8. The van der Waals surface area contributed by atoms with Crippen LogP contribution in [0, 0.1) is 11.2 Å². The number of benzene rings is 2. The number of nitrogens with one attached hydrogen (secondary N) is 1. The number of rotatable bonds is 4. The minimum Gasteiger partial charge on any atom is -0.388 e. The predicted octanol–water partition coefficient (Wildman–Crippen LogP) is 5.60. The number of carbonyl (C=O) groups is 2. The molecule has 42 heavy (non-hydrogen) atoms. The van der Waals surface area contributed by atoms with E-state index in [2.05, 4.69) is 15.2 Å². The van der Waals surface area contributed by atoms with Crippen molar-refractivity contribution in [2.75, 3.05) is 53.7 Å². The number of hydrogen-bond acceptors (Lipinski definition) is 7. The van der Waals surface area contributed by atoms with Gasteiger partial charge in [-0.1, -0.05) is 18.2 Å². The molecule has 0 aliphatic carbocycles. The molecule has 0 radical (unpaired) electrons. The molecule has 0 unspecified atom stereocenters. The lowest BCUT2D eigenvalue weighted by Crippen LogP contribution is -2.59. The number of amides is 2. The molecule has 2 amide bonds. The third kappa shape index (κ3) is 4.60. The Morgan fingerprint density at radius 2 is 1.79 bits per heavy atom. The average Bonchev–Trinajstić information content (AvgIpc) is 3.19. The summed E-state index contributed by atoms with van der Waals surface area (Å²) in [5.41, 5.74) is 9.76. The summed E-state index contributed by atoms with van der Waals surface area (Å²) in [6.45, 7) is 3.64. The Hall–Kier alpha value is -4.28. The van der Waals surface area contributed by atoms with Crippen molar-refractivity contribution in [1.82, 2.24) is 4.98 Å². The molecule has 2 fully saturated rings. The van der Waals surface area contributed by atoms with Gasteiger partial charge in [0.1, 0.15) is 10.8 Å². The number of fused-ring (bicyclic) bond motifs is 3. The van der Waals surface area contributed by atoms with Crippen molar-refractivity contribution >= 4 is 45.3 Å². The molecule has 8 nitrogen and oxygen atoms in total. The second-order valence-electron chi connectivity index (χ2n) is 11.2. The summed E-state index contributed by atoms with van der Waals surface area (Å²) in [5.74, 6) is -0.157. The highest BCUT2D eigenvalue weighted by Gasteiger charge is 2.45. The van der Waals surface area contributed by atoms with E-state index in [1.807, 2.05) is 24.3 Å². The number of aromatic nitrogens is 1. The maximum atomic E-state index is 14.8. The molecule has 0 bridgehead atoms. The van der Waals surface area contributed by atoms with Crippen molar-refractivity contribution in [2.45, 2.75) is 19.3 Å². The van der Waals surface area contributed by atoms with Crippen LogP contribution in [0.1, 0.15) is 39.1 Å². The molecule has 5 heterocycles. The first kappa shape index (κ1) is 26.6. The van der Waals surface area contributed by atoms with Gasteiger partial charge in [0.15, 0.2) is 5.82 Å². The first-order valence-electron chi connectivity index (χ1n) is 14.1. The third-order valence-electron chi connectivity index (χ3n) is 8.56. The van der Waals surface area contributed by atoms with Crippen molar-refractivity contribution in [3.8, 4) is 10.4 Å². The van der Waals surface area contributed by atoms with Crippen LogP contribution < -0.4 is 20.9 Å². The first-order valence-corrected chi connectivity index (χ1v) is 14.9. The number of ether oxygens (including phenoxy) is 1. The molecule has 0 saturated carbocycles. The van der Waals surface area contributed by atoms with Gasteiger partial charge < -0.3 is 25.6 Å². The number of pyridine rings is 1. The third-order valence-corrected chi connectivity index (χ3v) is 9.63. The molecule has 214 valence electrons. The Morgan fingerprint density at radius 3 is 2.57 bits per heavy atom. The Balaban J connectivity index is 1.07. The van der Waals surface area contributed by atoms with Gasteiger partial charge in [-0.2, -0.15) is 0 Å². The van der Waals surface area contributed by atoms with E-state index in [9.17, 15) is 14.0 Å². The summed E-state index contributed by atoms with van der Waals surface area (Å²) >= 11 is 1.21. The number of hydrogen-bond donors (Lipinski definition) is 2. The van der Waals surface area contributed by atoms with E-state index in [1.165, 1.54) is 11.3 Å². The van der Waals surface area contributed by atoms with Crippen LogP contribution in [0.25, 0.3) is 10.4 Å². The highest BCUT2D eigenvalue weighted by Crippen LogP contribution is 2.45. The molecule has 10 heteroatoms. The molecule has 3 aliphatic rings. The average molecular weight is 584 g/mol. The van der Waals surface area contributed by atoms with E-state index in [0.29, 0.717) is 41.2 Å². The lowest BCUT2D eigenvalue weighted by Gasteiger charge is -2.53. The number of halogens is 1. The minimum atomic E-state index is -0.395. The van der Waals surface area contributed by atoms with Crippen LogP contribution >= 0.6 is 11.3 Å². The molecule has 1 spiro atoms. The summed E-state index contributed by atoms with van der Waals surface area (Å²) in [6, 6.07) is 17.9. The van der Waals surface area contributed by atoms with Gasteiger partial charge in [-0.25, -0.2) is 9.37 Å². The molecule has 0 atom stereocenters. The van der Waals surface area contributed by atoms with Crippen LogP contribution in [0.4, 0.5) is 26.6 Å². The van der Waals surface area contributed by atoms with E-state index in [0.717, 1.165) is 55.3 Å². The molecule has 2 aromatic heterocycles. The second kappa shape index (κ2) is 10.5. The van der Waals surface area contributed by atoms with Crippen LogP contribution in [0.3, 0.4) is 0 Å². The van der Waals surface area contributed by atoms with Crippen LogP contribution in [-0.2, 0) is 11.2 Å². The standard InChI is InChI=1S/C32H30FN5O3S/c33-26-23-11-15-38(25-6-2-1-4-22(25)27(23)42-28(26)34)31(40)20-7-9-21(10-8-20)36-30(39)24-5-3-14-35-29(24)37-18-32(19-37)12-16-41-17-13-32/h1-10,14H,11-13,15-19,34H2,(H,36,39). The normalized spacial score (nSPS) is 17.2. The summed E-state index contributed by atoms with van der Waals surface area (Å²) in [5, 5.41) is 3.13. The quantitative estimate of drug-likeness (QED) is 0.324. The Kier molecular flexibility index (Phi) is 6.67. The lowest BCUT2D eigenvalue weighted by atomic mass is 9.73. The second-order valence-corrected chi connectivity index (χ2v) is 12.2. The van der Waals surface area contributed by atoms with Crippen LogP contribution in [-0.4, -0.2) is 49.6 Å². The van der Waals surface area contributed by atoms with Gasteiger partial charge in [0.25, 0.3) is 11.8 Å². The van der Waals surface area contributed by atoms with Gasteiger partial charge in [-0.15, -0.1) is 11.3 Å². The topological polar surface area (TPSA) is 101 Å². The van der Waals surface area contributed by atoms with E-state index < -0.39 is 5.82 Å². The number of nitrogens with two attached hydrogens (primary N) is 1. The van der Waals surface area contributed by atoms with Gasteiger partial charge in [-0.3, -0.25) is 9.59 Å². The first-order chi connectivity index (χ1) is 20.4. The molecule has 3 N–H and O–H groups in total. The highest BCUT2D eigenvalue weighted by atomic mass is 32.1. The zero-order valence-electron chi connectivity index (χ0n) is 22.9.